The molecule has 0 fully saturated rings. The minimum Gasteiger partial charge on any atom is -0.508 e. The van der Waals surface area contributed by atoms with Gasteiger partial charge in [0.05, 0.1) is 71.2 Å². The van der Waals surface area contributed by atoms with Crippen LogP contribution in [0.2, 0.25) is 0 Å². The second-order valence-electron chi connectivity index (χ2n) is 13.9. The van der Waals surface area contributed by atoms with Crippen molar-refractivity contribution in [1.29, 1.82) is 0 Å². The summed E-state index contributed by atoms with van der Waals surface area (Å²) in [5.74, 6) is -0.569. The second-order valence-corrected chi connectivity index (χ2v) is 17.6. The monoisotopic (exact) mass is 1240 g/mol. The first kappa shape index (κ1) is 79.3. The van der Waals surface area contributed by atoms with Crippen LogP contribution in [-0.4, -0.2) is 144 Å². The molecular weight excluding hydrogens is 1180 g/mol. The number of aliphatic hydroxyl groups is 2. The first-order chi connectivity index (χ1) is 37.1. The van der Waals surface area contributed by atoms with E-state index in [0.717, 1.165) is 11.1 Å². The fourth-order valence-electron chi connectivity index (χ4n) is 4.52. The molecule has 0 spiro atoms. The molecule has 3 amide bonds. The van der Waals surface area contributed by atoms with Gasteiger partial charge in [-0.2, -0.15) is 0 Å². The van der Waals surface area contributed by atoms with Crippen molar-refractivity contribution >= 4 is 124 Å². The molecule has 0 bridgehead atoms. The predicted molar refractivity (Wildman–Crippen MR) is 299 cm³/mol. The van der Waals surface area contributed by atoms with Crippen LogP contribution >= 0.6 is 67.8 Å². The standard InChI is InChI=1S/C14H18ClNO4.C14H19NO5.C7H12ClNO3.C7H8O2.C5H11NO2.C2H2Cl2O.Cl2OS/c1-2-19-14(18)6-7-16-13(17)10-20-12-5-3-4-11(8-12)9-15;1-2-19-14(18)6-7-15-13(17)10-20-12-5-3-4-11(8-12)9-16;1-2-12-7(11)3-4-9-6(10)5-8;8-5-6-2-1-3-7(9)4-6;1-2-8-5(7)3-4-6;3-1-2(4)5;1-4(2)3/h3-5,8H,2,6-7,9-10H2,1H3,(H,16,17);3-5,8,16H,2,6-7,9-10H2,1H3,(H,15,17);2-5H2,1H3,(H,9,10);1-4,8-9H,5H2;2-4,6H2,1H3;1H2;. The molecule has 0 atom stereocenters. The van der Waals surface area contributed by atoms with Gasteiger partial charge in [-0.3, -0.25) is 38.4 Å². The van der Waals surface area contributed by atoms with Crippen LogP contribution in [0.15, 0.2) is 72.8 Å². The van der Waals surface area contributed by atoms with Crippen molar-refractivity contribution in [3.63, 3.8) is 0 Å². The number of aromatic hydroxyl groups is 1. The summed E-state index contributed by atoms with van der Waals surface area (Å²) in [6.45, 7) is 9.21. The van der Waals surface area contributed by atoms with Crippen LogP contribution in [0.5, 0.6) is 17.2 Å². The average molecular weight is 1250 g/mol. The summed E-state index contributed by atoms with van der Waals surface area (Å²) in [7, 11) is 7.36. The lowest BCUT2D eigenvalue weighted by molar-refractivity contribution is -0.144. The zero-order chi connectivity index (χ0) is 59.9. The number of carbonyl (C=O) groups is 8. The topological polar surface area (TPSA) is 332 Å². The van der Waals surface area contributed by atoms with Gasteiger partial charge in [0.1, 0.15) is 23.1 Å². The number of amides is 3. The molecule has 22 nitrogen and oxygen atoms in total. The fourth-order valence-corrected chi connectivity index (χ4v) is 4.78. The quantitative estimate of drug-likeness (QED) is 0.0222. The highest BCUT2D eigenvalue weighted by Gasteiger charge is 2.08. The third-order valence-electron chi connectivity index (χ3n) is 7.72. The zero-order valence-electron chi connectivity index (χ0n) is 43.6. The molecule has 0 saturated heterocycles. The largest absolute Gasteiger partial charge is 0.508 e. The average Bonchev–Trinajstić information content (AvgIpc) is 3.41. The summed E-state index contributed by atoms with van der Waals surface area (Å²) in [6, 6.07) is 20.6. The van der Waals surface area contributed by atoms with Crippen molar-refractivity contribution in [3.8, 4) is 17.2 Å². The number of esters is 4. The maximum Gasteiger partial charge on any atom is 0.307 e. The molecule has 0 radical (unpaired) electrons. The summed E-state index contributed by atoms with van der Waals surface area (Å²) in [6.07, 6.45) is 0.811. The summed E-state index contributed by atoms with van der Waals surface area (Å²) in [5, 5.41) is 33.4. The van der Waals surface area contributed by atoms with Crippen LogP contribution in [0.4, 0.5) is 0 Å². The van der Waals surface area contributed by atoms with Crippen molar-refractivity contribution < 1.29 is 86.3 Å². The van der Waals surface area contributed by atoms with Crippen LogP contribution in [0.3, 0.4) is 0 Å². The van der Waals surface area contributed by atoms with Gasteiger partial charge in [-0.25, -0.2) is 4.21 Å². The number of carbonyl (C=O) groups excluding carboxylic acids is 8. The van der Waals surface area contributed by atoms with Crippen molar-refractivity contribution in [2.75, 3.05) is 77.6 Å². The molecule has 78 heavy (non-hydrogen) atoms. The Morgan fingerprint density at radius 1 is 0.538 bits per heavy atom. The van der Waals surface area contributed by atoms with Crippen LogP contribution in [-0.2, 0) is 85.6 Å². The summed E-state index contributed by atoms with van der Waals surface area (Å²) in [5.41, 5.74) is 7.43. The molecule has 0 saturated carbocycles. The normalized spacial score (nSPS) is 9.41. The highest BCUT2D eigenvalue weighted by molar-refractivity contribution is 8.26. The van der Waals surface area contributed by atoms with Crippen LogP contribution in [0.25, 0.3) is 0 Å². The van der Waals surface area contributed by atoms with E-state index in [1.807, 2.05) is 12.1 Å². The zero-order valence-corrected chi connectivity index (χ0v) is 48.9. The predicted octanol–water partition coefficient (Wildman–Crippen LogP) is 5.61. The van der Waals surface area contributed by atoms with Gasteiger partial charge < -0.3 is 65.4 Å². The second kappa shape index (κ2) is 56.5. The summed E-state index contributed by atoms with van der Waals surface area (Å²) in [4.78, 5) is 86.1. The van der Waals surface area contributed by atoms with Gasteiger partial charge >= 0.3 is 23.9 Å². The van der Waals surface area contributed by atoms with E-state index in [0.29, 0.717) is 62.3 Å². The minimum absolute atomic E-state index is 0.0194. The Kier molecular flexibility index (Phi) is 57.4. The van der Waals surface area contributed by atoms with Crippen molar-refractivity contribution in [2.45, 2.75) is 72.5 Å². The first-order valence-electron chi connectivity index (χ1n) is 23.3. The maximum absolute atomic E-state index is 11.5. The minimum atomic E-state index is -1.67. The van der Waals surface area contributed by atoms with E-state index < -0.39 is 14.5 Å². The molecule has 0 aliphatic heterocycles. The van der Waals surface area contributed by atoms with Crippen molar-refractivity contribution in [1.82, 2.24) is 16.0 Å². The number of aliphatic hydroxyl groups excluding tert-OH is 2. The van der Waals surface area contributed by atoms with Gasteiger partial charge in [-0.15, -0.1) is 34.8 Å². The molecule has 442 valence electrons. The SMILES string of the molecule is CCOC(=O)CCN.CCOC(=O)CCNC(=O)CCl.CCOC(=O)CCNC(=O)COc1cccc(CCl)c1.CCOC(=O)CCNC(=O)COc1cccc(CO)c1.O=C(Cl)CCl.O=S(Cl)Cl.OCc1cccc(O)c1. The molecule has 0 unspecified atom stereocenters. The number of alkyl halides is 3. The molecule has 3 rings (SSSR count). The Labute approximate surface area is 485 Å². The lowest BCUT2D eigenvalue weighted by atomic mass is 10.2. The number of rotatable bonds is 26. The van der Waals surface area contributed by atoms with Crippen LogP contribution in [0, 0.1) is 0 Å². The number of hydrogen-bond acceptors (Lipinski definition) is 19. The van der Waals surface area contributed by atoms with Crippen molar-refractivity contribution in [2.24, 2.45) is 5.73 Å². The van der Waals surface area contributed by atoms with E-state index in [2.05, 4.69) is 46.8 Å². The van der Waals surface area contributed by atoms with E-state index >= 15 is 0 Å². The van der Waals surface area contributed by atoms with Crippen LogP contribution < -0.4 is 31.2 Å². The lowest BCUT2D eigenvalue weighted by Gasteiger charge is -2.08. The fraction of sp³-hybridized carbons (Fsp3) is 0.469. The summed E-state index contributed by atoms with van der Waals surface area (Å²) >= 11 is 20.5. The van der Waals surface area contributed by atoms with E-state index in [4.69, 9.17) is 90.6 Å². The lowest BCUT2D eigenvalue weighted by Crippen LogP contribution is -2.31. The molecule has 0 aromatic heterocycles. The Balaban J connectivity index is -0.000000437. The van der Waals surface area contributed by atoms with E-state index in [-0.39, 0.29) is 124 Å². The van der Waals surface area contributed by atoms with Gasteiger partial charge in [0, 0.05) is 53.4 Å². The Bertz CT molecular complexity index is 2060. The number of halogens is 6. The molecule has 0 heterocycles. The number of nitrogens with two attached hydrogens (primary N) is 1. The first-order valence-corrected chi connectivity index (χ1v) is 28.1. The molecule has 3 aromatic carbocycles. The van der Waals surface area contributed by atoms with Crippen LogP contribution in [0.1, 0.15) is 70.1 Å². The van der Waals surface area contributed by atoms with E-state index in [9.17, 15) is 38.4 Å². The number of benzene rings is 3. The highest BCUT2D eigenvalue weighted by atomic mass is 36.0. The highest BCUT2D eigenvalue weighted by Crippen LogP contribution is 2.15. The van der Waals surface area contributed by atoms with E-state index in [1.165, 1.54) is 6.07 Å². The maximum atomic E-state index is 11.5. The molecule has 29 heteroatoms. The summed E-state index contributed by atoms with van der Waals surface area (Å²) < 4.78 is 38.4. The third-order valence-corrected chi connectivity index (χ3v) is 8.78. The Hall–Kier alpha value is -5.21. The number of hydrogen-bond donors (Lipinski definition) is 7. The molecular formula is C49H70Cl6N4O18S. The number of nitrogens with one attached hydrogen (secondary N) is 3. The van der Waals surface area contributed by atoms with Crippen molar-refractivity contribution in [3.05, 3.63) is 89.5 Å². The van der Waals surface area contributed by atoms with E-state index in [1.54, 1.807) is 82.3 Å². The van der Waals surface area contributed by atoms with Gasteiger partial charge in [0.15, 0.2) is 13.2 Å². The molecule has 0 aliphatic rings. The number of phenols is 1. The van der Waals surface area contributed by atoms with Gasteiger partial charge in [0.25, 0.3) is 11.8 Å². The molecule has 8 N–H and O–H groups in total. The third kappa shape index (κ3) is 57.0. The molecule has 3 aromatic rings. The smallest absolute Gasteiger partial charge is 0.307 e. The Morgan fingerprint density at radius 2 is 0.872 bits per heavy atom. The Morgan fingerprint density at radius 3 is 1.18 bits per heavy atom. The van der Waals surface area contributed by atoms with Gasteiger partial charge in [-0.1, -0.05) is 36.4 Å². The number of ether oxygens (including phenoxy) is 6. The van der Waals surface area contributed by atoms with Gasteiger partial charge in [-0.05, 0) is 92.4 Å². The van der Waals surface area contributed by atoms with Gasteiger partial charge in [0.2, 0.25) is 20.4 Å². The molecule has 0 aliphatic carbocycles. The number of phenolic OH excluding ortho intramolecular Hbond substituents is 1.